The maximum Gasteiger partial charge on any atom is 0.348 e. The van der Waals surface area contributed by atoms with E-state index in [0.717, 1.165) is 7.11 Å². The number of esters is 3. The van der Waals surface area contributed by atoms with E-state index in [2.05, 4.69) is 0 Å². The molecule has 0 aromatic carbocycles. The molecule has 1 spiro atoms. The minimum absolute atomic E-state index is 0.0624. The zero-order valence-electron chi connectivity index (χ0n) is 27.4. The number of aliphatic hydroxyl groups excluding tert-OH is 7. The highest BCUT2D eigenvalue weighted by molar-refractivity contribution is 5.87. The SMILES string of the molecule is COC(=O)C12OCC34C(CC5C(C)=CC(OC6OC(CO)C(O)C(O)C6O)C(O)C5(C)C3C(O)C1O)OC(=O)C(OC(=O)CC(C)C)C24. The molecule has 3 aliphatic heterocycles. The van der Waals surface area contributed by atoms with Crippen LogP contribution in [0.15, 0.2) is 11.6 Å². The lowest BCUT2D eigenvalue weighted by Gasteiger charge is -2.68. The smallest absolute Gasteiger partial charge is 0.348 e. The molecule has 6 aliphatic rings. The zero-order valence-corrected chi connectivity index (χ0v) is 27.4. The summed E-state index contributed by atoms with van der Waals surface area (Å²) in [6.45, 7) is 5.93. The first-order chi connectivity index (χ1) is 22.5. The largest absolute Gasteiger partial charge is 0.467 e. The van der Waals surface area contributed by atoms with E-state index in [1.807, 2.05) is 0 Å². The minimum Gasteiger partial charge on any atom is -0.467 e. The number of aliphatic hydroxyl groups is 7. The third-order valence-corrected chi connectivity index (χ3v) is 12.0. The lowest BCUT2D eigenvalue weighted by atomic mass is 9.37. The minimum atomic E-state index is -2.33. The Kier molecular flexibility index (Phi) is 9.05. The predicted molar refractivity (Wildman–Crippen MR) is 156 cm³/mol. The van der Waals surface area contributed by atoms with Crippen molar-refractivity contribution in [1.82, 2.24) is 0 Å². The van der Waals surface area contributed by atoms with Crippen molar-refractivity contribution in [2.24, 2.45) is 34.5 Å². The molecule has 2 bridgehead atoms. The van der Waals surface area contributed by atoms with Gasteiger partial charge < -0.3 is 64.2 Å². The van der Waals surface area contributed by atoms with Crippen molar-refractivity contribution < 1.29 is 78.6 Å². The molecule has 16 nitrogen and oxygen atoms in total. The summed E-state index contributed by atoms with van der Waals surface area (Å²) in [4.78, 5) is 40.3. The maximum atomic E-state index is 13.7. The van der Waals surface area contributed by atoms with Gasteiger partial charge in [0.2, 0.25) is 11.7 Å². The van der Waals surface area contributed by atoms with Crippen molar-refractivity contribution in [3.63, 3.8) is 0 Å². The molecule has 3 aliphatic carbocycles. The molecule has 0 aromatic rings. The Morgan fingerprint density at radius 3 is 2.33 bits per heavy atom. The van der Waals surface area contributed by atoms with Crippen LogP contribution in [0.2, 0.25) is 0 Å². The molecule has 0 aromatic heterocycles. The van der Waals surface area contributed by atoms with Gasteiger partial charge in [0.25, 0.3) is 0 Å². The van der Waals surface area contributed by atoms with Gasteiger partial charge in [-0.3, -0.25) is 4.79 Å². The van der Waals surface area contributed by atoms with Crippen LogP contribution in [0.4, 0.5) is 0 Å². The Hall–Kier alpha value is -2.25. The summed E-state index contributed by atoms with van der Waals surface area (Å²) in [6.07, 6.45) is -15.7. The molecule has 17 unspecified atom stereocenters. The van der Waals surface area contributed by atoms with Gasteiger partial charge in [-0.15, -0.1) is 0 Å². The molecule has 0 radical (unpaired) electrons. The maximum absolute atomic E-state index is 13.7. The Labute approximate surface area is 276 Å². The van der Waals surface area contributed by atoms with Gasteiger partial charge in [-0.1, -0.05) is 32.4 Å². The first-order valence-corrected chi connectivity index (χ1v) is 16.3. The number of methoxy groups -OCH3 is 1. The highest BCUT2D eigenvalue weighted by Gasteiger charge is 2.85. The molecular formula is C32H46O16. The van der Waals surface area contributed by atoms with Crippen LogP contribution in [0, 0.1) is 34.5 Å². The molecule has 17 atom stereocenters. The molecule has 48 heavy (non-hydrogen) atoms. The summed E-state index contributed by atoms with van der Waals surface area (Å²) in [5.74, 6) is -6.06. The first-order valence-electron chi connectivity index (χ1n) is 16.3. The van der Waals surface area contributed by atoms with E-state index in [4.69, 9.17) is 28.4 Å². The summed E-state index contributed by atoms with van der Waals surface area (Å²) in [7, 11) is 1.06. The van der Waals surface area contributed by atoms with E-state index in [1.165, 1.54) is 0 Å². The van der Waals surface area contributed by atoms with Gasteiger partial charge in [-0.25, -0.2) is 9.59 Å². The molecule has 2 saturated carbocycles. The molecule has 7 N–H and O–H groups in total. The third-order valence-electron chi connectivity index (χ3n) is 12.0. The second-order valence-corrected chi connectivity index (χ2v) is 14.8. The van der Waals surface area contributed by atoms with Crippen LogP contribution in [-0.4, -0.2) is 147 Å². The van der Waals surface area contributed by atoms with Gasteiger partial charge in [-0.2, -0.15) is 0 Å². The average molecular weight is 687 g/mol. The topological polar surface area (TPSA) is 248 Å². The van der Waals surface area contributed by atoms with E-state index >= 15 is 0 Å². The monoisotopic (exact) mass is 686 g/mol. The van der Waals surface area contributed by atoms with E-state index in [-0.39, 0.29) is 25.4 Å². The molecule has 5 fully saturated rings. The molecule has 3 saturated heterocycles. The van der Waals surface area contributed by atoms with Gasteiger partial charge >= 0.3 is 17.9 Å². The van der Waals surface area contributed by atoms with Gasteiger partial charge in [-0.05, 0) is 25.2 Å². The van der Waals surface area contributed by atoms with Crippen molar-refractivity contribution in [2.75, 3.05) is 20.3 Å². The lowest BCUT2D eigenvalue weighted by Crippen LogP contribution is -2.80. The Balaban J connectivity index is 1.45. The molecule has 270 valence electrons. The van der Waals surface area contributed by atoms with Crippen LogP contribution in [-0.2, 0) is 42.8 Å². The quantitative estimate of drug-likeness (QED) is 0.0818. The molecule has 3 heterocycles. The molecular weight excluding hydrogens is 640 g/mol. The Morgan fingerprint density at radius 1 is 1.02 bits per heavy atom. The summed E-state index contributed by atoms with van der Waals surface area (Å²) >= 11 is 0. The number of allylic oxidation sites excluding steroid dienone is 1. The third kappa shape index (κ3) is 4.68. The van der Waals surface area contributed by atoms with E-state index in [0.29, 0.717) is 5.57 Å². The average Bonchev–Trinajstić information content (AvgIpc) is 3.34. The lowest BCUT2D eigenvalue weighted by molar-refractivity contribution is -0.330. The van der Waals surface area contributed by atoms with Crippen LogP contribution < -0.4 is 0 Å². The van der Waals surface area contributed by atoms with Gasteiger partial charge in [0.1, 0.15) is 42.7 Å². The zero-order chi connectivity index (χ0) is 35.2. The van der Waals surface area contributed by atoms with Crippen molar-refractivity contribution in [1.29, 1.82) is 0 Å². The van der Waals surface area contributed by atoms with E-state index < -0.39 is 126 Å². The summed E-state index contributed by atoms with van der Waals surface area (Å²) in [5, 5.41) is 77.0. The van der Waals surface area contributed by atoms with Gasteiger partial charge in [0, 0.05) is 23.2 Å². The predicted octanol–water partition coefficient (Wildman–Crippen LogP) is -2.70. The summed E-state index contributed by atoms with van der Waals surface area (Å²) in [5.41, 5.74) is -4.60. The normalized spacial score (nSPS) is 50.9. The van der Waals surface area contributed by atoms with Crippen molar-refractivity contribution in [3.8, 4) is 0 Å². The molecule has 6 rings (SSSR count). The summed E-state index contributed by atoms with van der Waals surface area (Å²) in [6, 6.07) is 0. The van der Waals surface area contributed by atoms with E-state index in [9.17, 15) is 50.1 Å². The number of ether oxygens (including phenoxy) is 6. The van der Waals surface area contributed by atoms with E-state index in [1.54, 1.807) is 33.8 Å². The molecule has 0 amide bonds. The fraction of sp³-hybridized carbons (Fsp3) is 0.844. The standard InChI is InChI=1S/C32H46O16/c1-11(2)6-17(34)48-22-24-31-10-44-32(24,29(42)43-5)26(40)21(38)23(31)30(4)13(8-16(31)47-27(22)41)12(3)7-14(25(30)39)45-28-20(37)19(36)18(35)15(9-33)46-28/h7,11,13-16,18-26,28,33,35-40H,6,8-10H2,1-5H3. The summed E-state index contributed by atoms with van der Waals surface area (Å²) < 4.78 is 34.5. The molecule has 16 heteroatoms. The van der Waals surface area contributed by atoms with Crippen molar-refractivity contribution in [3.05, 3.63) is 11.6 Å². The Bertz CT molecular complexity index is 1330. The van der Waals surface area contributed by atoms with Crippen LogP contribution in [0.5, 0.6) is 0 Å². The number of carbonyl (C=O) groups excluding carboxylic acids is 3. The first kappa shape index (κ1) is 35.6. The van der Waals surface area contributed by atoms with Crippen LogP contribution in [0.1, 0.15) is 40.5 Å². The second-order valence-electron chi connectivity index (χ2n) is 14.8. The number of fused-ring (bicyclic) bond motifs is 2. The Morgan fingerprint density at radius 2 is 1.71 bits per heavy atom. The van der Waals surface area contributed by atoms with Crippen LogP contribution >= 0.6 is 0 Å². The van der Waals surface area contributed by atoms with Crippen molar-refractivity contribution >= 4 is 17.9 Å². The van der Waals surface area contributed by atoms with Crippen LogP contribution in [0.25, 0.3) is 0 Å². The van der Waals surface area contributed by atoms with Crippen LogP contribution in [0.3, 0.4) is 0 Å². The van der Waals surface area contributed by atoms with Gasteiger partial charge in [0.15, 0.2) is 6.29 Å². The second kappa shape index (κ2) is 12.2. The number of hydrogen-bond acceptors (Lipinski definition) is 16. The van der Waals surface area contributed by atoms with Gasteiger partial charge in [0.05, 0.1) is 38.4 Å². The fourth-order valence-corrected chi connectivity index (χ4v) is 9.92. The number of hydrogen-bond donors (Lipinski definition) is 7. The highest BCUT2D eigenvalue weighted by atomic mass is 16.7. The van der Waals surface area contributed by atoms with Crippen molar-refractivity contribution in [2.45, 2.75) is 113 Å². The fourth-order valence-electron chi connectivity index (χ4n) is 9.92. The number of carbonyl (C=O) groups is 3. The highest BCUT2D eigenvalue weighted by Crippen LogP contribution is 2.73. The number of rotatable bonds is 7.